The van der Waals surface area contributed by atoms with Crippen molar-refractivity contribution in [2.24, 2.45) is 0 Å². The van der Waals surface area contributed by atoms with E-state index in [-0.39, 0.29) is 0 Å². The Morgan fingerprint density at radius 1 is 0.273 bits per heavy atom. The number of anilines is 6. The third-order valence-corrected chi connectivity index (χ3v) is 10.5. The lowest BCUT2D eigenvalue weighted by atomic mass is 10.0. The van der Waals surface area contributed by atoms with Crippen LogP contribution in [0.3, 0.4) is 0 Å². The fraction of sp³-hybridized carbons (Fsp3) is 0. The van der Waals surface area contributed by atoms with Gasteiger partial charge in [-0.25, -0.2) is 0 Å². The molecule has 0 amide bonds. The topological polar surface area (TPSA) is 19.6 Å². The molecular formula is C52H36N2O. The Hall–Kier alpha value is -7.36. The van der Waals surface area contributed by atoms with Gasteiger partial charge in [-0.15, -0.1) is 0 Å². The molecule has 1 heterocycles. The summed E-state index contributed by atoms with van der Waals surface area (Å²) in [4.78, 5) is 4.64. The van der Waals surface area contributed by atoms with E-state index in [1.807, 2.05) is 12.1 Å². The molecule has 9 aromatic carbocycles. The molecule has 0 radical (unpaired) electrons. The van der Waals surface area contributed by atoms with E-state index in [0.717, 1.165) is 67.2 Å². The van der Waals surface area contributed by atoms with Crippen LogP contribution in [-0.4, -0.2) is 0 Å². The average molecular weight is 705 g/mol. The number of hydrogen-bond acceptors (Lipinski definition) is 3. The van der Waals surface area contributed by atoms with E-state index in [9.17, 15) is 0 Å². The third kappa shape index (κ3) is 6.08. The van der Waals surface area contributed by atoms with Gasteiger partial charge in [0.1, 0.15) is 11.2 Å². The van der Waals surface area contributed by atoms with Crippen molar-refractivity contribution in [2.75, 3.05) is 9.80 Å². The molecule has 0 spiro atoms. The number of para-hydroxylation sites is 2. The van der Waals surface area contributed by atoms with Gasteiger partial charge in [-0.05, 0) is 100 Å². The zero-order chi connectivity index (χ0) is 36.6. The fourth-order valence-electron chi connectivity index (χ4n) is 7.75. The average Bonchev–Trinajstić information content (AvgIpc) is 3.63. The lowest BCUT2D eigenvalue weighted by Gasteiger charge is -2.27. The van der Waals surface area contributed by atoms with Gasteiger partial charge in [-0.2, -0.15) is 0 Å². The van der Waals surface area contributed by atoms with E-state index in [4.69, 9.17) is 4.42 Å². The number of fused-ring (bicyclic) bond motifs is 4. The molecule has 0 atom stereocenters. The van der Waals surface area contributed by atoms with Gasteiger partial charge in [0.2, 0.25) is 0 Å². The van der Waals surface area contributed by atoms with Crippen LogP contribution in [0.4, 0.5) is 34.1 Å². The third-order valence-electron chi connectivity index (χ3n) is 10.5. The minimum atomic E-state index is 0.870. The van der Waals surface area contributed by atoms with E-state index in [1.54, 1.807) is 0 Å². The van der Waals surface area contributed by atoms with E-state index in [0.29, 0.717) is 0 Å². The second kappa shape index (κ2) is 13.9. The smallest absolute Gasteiger partial charge is 0.137 e. The molecule has 3 heteroatoms. The van der Waals surface area contributed by atoms with Crippen molar-refractivity contribution < 1.29 is 4.42 Å². The molecule has 1 aromatic heterocycles. The minimum absolute atomic E-state index is 0.870. The van der Waals surface area contributed by atoms with Crippen LogP contribution in [0.5, 0.6) is 0 Å². The molecule has 0 fully saturated rings. The highest BCUT2D eigenvalue weighted by Crippen LogP contribution is 2.42. The normalized spacial score (nSPS) is 11.3. The number of hydrogen-bond donors (Lipinski definition) is 0. The second-order valence-corrected chi connectivity index (χ2v) is 13.8. The Morgan fingerprint density at radius 2 is 0.727 bits per heavy atom. The van der Waals surface area contributed by atoms with Crippen molar-refractivity contribution in [1.82, 2.24) is 0 Å². The molecule has 0 aliphatic rings. The van der Waals surface area contributed by atoms with Crippen molar-refractivity contribution in [2.45, 2.75) is 0 Å². The van der Waals surface area contributed by atoms with Gasteiger partial charge in [-0.1, -0.05) is 140 Å². The number of rotatable bonds is 8. The van der Waals surface area contributed by atoms with Gasteiger partial charge in [0, 0.05) is 50.7 Å². The predicted molar refractivity (Wildman–Crippen MR) is 231 cm³/mol. The van der Waals surface area contributed by atoms with Gasteiger partial charge in [0.25, 0.3) is 0 Å². The van der Waals surface area contributed by atoms with E-state index >= 15 is 0 Å². The quantitative estimate of drug-likeness (QED) is 0.157. The molecule has 260 valence electrons. The second-order valence-electron chi connectivity index (χ2n) is 13.8. The molecule has 0 saturated carbocycles. The van der Waals surface area contributed by atoms with E-state index in [2.05, 4.69) is 216 Å². The summed E-state index contributed by atoms with van der Waals surface area (Å²) in [6.45, 7) is 0. The standard InChI is InChI=1S/C52H36N2O/c1-3-12-37(13-4-1)38-22-28-43(29-23-38)53(46-34-35-49-48-19-9-10-21-51(48)55-52(49)36-46)44-30-24-39(25-31-44)40-26-32-45(33-27-40)54(42-16-5-2-6-17-42)50-20-11-15-41-14-7-8-18-47(41)50/h1-36H. The number of furan rings is 1. The van der Waals surface area contributed by atoms with Crippen molar-refractivity contribution in [3.8, 4) is 22.3 Å². The monoisotopic (exact) mass is 704 g/mol. The number of nitrogens with zero attached hydrogens (tertiary/aromatic N) is 2. The Morgan fingerprint density at radius 3 is 1.38 bits per heavy atom. The molecule has 10 rings (SSSR count). The van der Waals surface area contributed by atoms with Gasteiger partial charge in [0.05, 0.1) is 5.69 Å². The molecule has 0 bridgehead atoms. The highest BCUT2D eigenvalue weighted by Gasteiger charge is 2.18. The van der Waals surface area contributed by atoms with E-state index in [1.165, 1.54) is 21.9 Å². The maximum atomic E-state index is 6.34. The van der Waals surface area contributed by atoms with Gasteiger partial charge >= 0.3 is 0 Å². The van der Waals surface area contributed by atoms with Crippen LogP contribution >= 0.6 is 0 Å². The van der Waals surface area contributed by atoms with Crippen molar-refractivity contribution in [1.29, 1.82) is 0 Å². The van der Waals surface area contributed by atoms with Crippen LogP contribution in [0.2, 0.25) is 0 Å². The van der Waals surface area contributed by atoms with Crippen LogP contribution in [0.1, 0.15) is 0 Å². The fourth-order valence-corrected chi connectivity index (χ4v) is 7.75. The summed E-state index contributed by atoms with van der Waals surface area (Å²) in [6.07, 6.45) is 0. The van der Waals surface area contributed by atoms with Crippen molar-refractivity contribution in [3.05, 3.63) is 218 Å². The van der Waals surface area contributed by atoms with Crippen molar-refractivity contribution >= 4 is 66.8 Å². The van der Waals surface area contributed by atoms with E-state index < -0.39 is 0 Å². The molecule has 0 aliphatic carbocycles. The summed E-state index contributed by atoms with van der Waals surface area (Å²) in [5, 5.41) is 4.68. The summed E-state index contributed by atoms with van der Waals surface area (Å²) in [5.41, 5.74) is 13.0. The number of benzene rings is 9. The Kier molecular flexibility index (Phi) is 8.16. The first kappa shape index (κ1) is 32.3. The Bertz CT molecular complexity index is 2890. The molecule has 0 N–H and O–H groups in total. The maximum Gasteiger partial charge on any atom is 0.137 e. The Balaban J connectivity index is 1.01. The zero-order valence-electron chi connectivity index (χ0n) is 30.1. The zero-order valence-corrected chi connectivity index (χ0v) is 30.1. The summed E-state index contributed by atoms with van der Waals surface area (Å²) >= 11 is 0. The highest BCUT2D eigenvalue weighted by atomic mass is 16.3. The summed E-state index contributed by atoms with van der Waals surface area (Å²) in [5.74, 6) is 0. The SMILES string of the molecule is c1ccc(-c2ccc(N(c3ccc(-c4ccc(N(c5ccccc5)c5cccc6ccccc56)cc4)cc3)c3ccc4c(c3)oc3ccccc34)cc2)cc1. The lowest BCUT2D eigenvalue weighted by molar-refractivity contribution is 0.669. The highest BCUT2D eigenvalue weighted by molar-refractivity contribution is 6.06. The van der Waals surface area contributed by atoms with Crippen LogP contribution in [0, 0.1) is 0 Å². The molecule has 0 saturated heterocycles. The molecule has 3 nitrogen and oxygen atoms in total. The molecule has 0 unspecified atom stereocenters. The molecule has 0 aliphatic heterocycles. The minimum Gasteiger partial charge on any atom is -0.456 e. The summed E-state index contributed by atoms with van der Waals surface area (Å²) in [6, 6.07) is 77.5. The van der Waals surface area contributed by atoms with Gasteiger partial charge in [0.15, 0.2) is 0 Å². The van der Waals surface area contributed by atoms with Crippen molar-refractivity contribution in [3.63, 3.8) is 0 Å². The first-order chi connectivity index (χ1) is 27.3. The summed E-state index contributed by atoms with van der Waals surface area (Å²) in [7, 11) is 0. The van der Waals surface area contributed by atoms with Crippen LogP contribution in [0.25, 0.3) is 55.0 Å². The molecule has 10 aromatic rings. The largest absolute Gasteiger partial charge is 0.456 e. The first-order valence-electron chi connectivity index (χ1n) is 18.7. The predicted octanol–water partition coefficient (Wildman–Crippen LogP) is 15.0. The molecule has 55 heavy (non-hydrogen) atoms. The maximum absolute atomic E-state index is 6.34. The lowest BCUT2D eigenvalue weighted by Crippen LogP contribution is -2.10. The van der Waals surface area contributed by atoms with Crippen LogP contribution in [0.15, 0.2) is 223 Å². The summed E-state index contributed by atoms with van der Waals surface area (Å²) < 4.78 is 6.34. The van der Waals surface area contributed by atoms with Crippen LogP contribution < -0.4 is 9.80 Å². The van der Waals surface area contributed by atoms with Gasteiger partial charge in [-0.3, -0.25) is 0 Å². The first-order valence-corrected chi connectivity index (χ1v) is 18.7. The van der Waals surface area contributed by atoms with Crippen LogP contribution in [-0.2, 0) is 0 Å². The Labute approximate surface area is 320 Å². The molecular weight excluding hydrogens is 669 g/mol. The van der Waals surface area contributed by atoms with Gasteiger partial charge < -0.3 is 14.2 Å².